The fourth-order valence-electron chi connectivity index (χ4n) is 2.13. The van der Waals surface area contributed by atoms with E-state index in [0.29, 0.717) is 6.54 Å². The van der Waals surface area contributed by atoms with Gasteiger partial charge in [0.25, 0.3) is 0 Å². The summed E-state index contributed by atoms with van der Waals surface area (Å²) in [7, 11) is 1.44. The zero-order chi connectivity index (χ0) is 12.4. The van der Waals surface area contributed by atoms with Crippen molar-refractivity contribution in [3.8, 4) is 0 Å². The minimum absolute atomic E-state index is 0.0138. The van der Waals surface area contributed by atoms with E-state index in [4.69, 9.17) is 16.3 Å². The molecule has 0 aromatic heterocycles. The van der Waals surface area contributed by atoms with Crippen LogP contribution in [0.4, 0.5) is 5.69 Å². The minimum atomic E-state index is -0.120. The molecule has 0 saturated carbocycles. The van der Waals surface area contributed by atoms with Gasteiger partial charge in [-0.1, -0.05) is 17.7 Å². The molecule has 1 aromatic carbocycles. The first kappa shape index (κ1) is 12.2. The number of hydrogen-bond donors (Lipinski definition) is 0. The Bertz CT molecular complexity index is 433. The van der Waals surface area contributed by atoms with Crippen LogP contribution in [0.1, 0.15) is 12.0 Å². The van der Waals surface area contributed by atoms with E-state index in [9.17, 15) is 4.79 Å². The Kier molecular flexibility index (Phi) is 3.57. The molecule has 1 aromatic rings. The van der Waals surface area contributed by atoms with E-state index in [1.165, 1.54) is 7.11 Å². The minimum Gasteiger partial charge on any atom is -0.469 e. The molecule has 1 unspecified atom stereocenters. The summed E-state index contributed by atoms with van der Waals surface area (Å²) < 4.78 is 4.77. The van der Waals surface area contributed by atoms with Crippen LogP contribution in [0.25, 0.3) is 0 Å². The largest absolute Gasteiger partial charge is 0.469 e. The number of ether oxygens (including phenoxy) is 1. The zero-order valence-electron chi connectivity index (χ0n) is 10.1. The lowest BCUT2D eigenvalue weighted by molar-refractivity contribution is -0.144. The molecule has 0 spiro atoms. The predicted molar refractivity (Wildman–Crippen MR) is 68.5 cm³/mol. The van der Waals surface area contributed by atoms with Gasteiger partial charge in [0, 0.05) is 23.8 Å². The summed E-state index contributed by atoms with van der Waals surface area (Å²) >= 11 is 6.10. The van der Waals surface area contributed by atoms with Gasteiger partial charge in [0.2, 0.25) is 0 Å². The van der Waals surface area contributed by atoms with Gasteiger partial charge in [0.05, 0.1) is 13.0 Å². The second-order valence-electron chi connectivity index (χ2n) is 4.39. The number of hydrogen-bond acceptors (Lipinski definition) is 3. The standard InChI is InChI=1S/C13H16ClNO2/c1-9-3-4-11(7-12(9)14)15-6-5-10(8-15)13(16)17-2/h3-4,7,10H,5-6,8H2,1-2H3. The van der Waals surface area contributed by atoms with Gasteiger partial charge < -0.3 is 9.64 Å². The molecule has 1 heterocycles. The van der Waals surface area contributed by atoms with Crippen molar-refractivity contribution in [1.82, 2.24) is 0 Å². The topological polar surface area (TPSA) is 29.5 Å². The third-order valence-electron chi connectivity index (χ3n) is 3.24. The molecule has 2 rings (SSSR count). The number of carbonyl (C=O) groups is 1. The van der Waals surface area contributed by atoms with E-state index >= 15 is 0 Å². The van der Waals surface area contributed by atoms with Gasteiger partial charge in [-0.2, -0.15) is 0 Å². The summed E-state index contributed by atoms with van der Waals surface area (Å²) in [4.78, 5) is 13.6. The Morgan fingerprint density at radius 3 is 2.94 bits per heavy atom. The number of esters is 1. The van der Waals surface area contributed by atoms with Gasteiger partial charge in [-0.15, -0.1) is 0 Å². The molecule has 17 heavy (non-hydrogen) atoms. The fourth-order valence-corrected chi connectivity index (χ4v) is 2.31. The van der Waals surface area contributed by atoms with Crippen molar-refractivity contribution in [2.45, 2.75) is 13.3 Å². The molecule has 1 aliphatic rings. The summed E-state index contributed by atoms with van der Waals surface area (Å²) in [6.07, 6.45) is 0.845. The maximum Gasteiger partial charge on any atom is 0.310 e. The van der Waals surface area contributed by atoms with Crippen molar-refractivity contribution in [2.75, 3.05) is 25.1 Å². The van der Waals surface area contributed by atoms with E-state index in [-0.39, 0.29) is 11.9 Å². The second-order valence-corrected chi connectivity index (χ2v) is 4.80. The number of halogens is 1. The quantitative estimate of drug-likeness (QED) is 0.759. The van der Waals surface area contributed by atoms with Crippen LogP contribution in [0, 0.1) is 12.8 Å². The van der Waals surface area contributed by atoms with Gasteiger partial charge >= 0.3 is 5.97 Å². The zero-order valence-corrected chi connectivity index (χ0v) is 10.8. The fraction of sp³-hybridized carbons (Fsp3) is 0.462. The molecule has 0 radical (unpaired) electrons. The molecular weight excluding hydrogens is 238 g/mol. The number of nitrogens with zero attached hydrogens (tertiary/aromatic N) is 1. The Morgan fingerprint density at radius 1 is 1.53 bits per heavy atom. The molecule has 0 amide bonds. The van der Waals surface area contributed by atoms with Gasteiger partial charge in [-0.05, 0) is 31.0 Å². The summed E-state index contributed by atoms with van der Waals surface area (Å²) in [5.74, 6) is -0.134. The van der Waals surface area contributed by atoms with Crippen LogP contribution in [0.15, 0.2) is 18.2 Å². The Balaban J connectivity index is 2.10. The van der Waals surface area contributed by atoms with E-state index < -0.39 is 0 Å². The number of carbonyl (C=O) groups excluding carboxylic acids is 1. The van der Waals surface area contributed by atoms with Crippen molar-refractivity contribution in [3.63, 3.8) is 0 Å². The lowest BCUT2D eigenvalue weighted by atomic mass is 10.1. The van der Waals surface area contributed by atoms with Crippen LogP contribution >= 0.6 is 11.6 Å². The van der Waals surface area contributed by atoms with Crippen molar-refractivity contribution in [1.29, 1.82) is 0 Å². The van der Waals surface area contributed by atoms with Gasteiger partial charge in [-0.3, -0.25) is 4.79 Å². The maximum absolute atomic E-state index is 11.4. The summed E-state index contributed by atoms with van der Waals surface area (Å²) in [5.41, 5.74) is 2.14. The Hall–Kier alpha value is -1.22. The number of benzene rings is 1. The third kappa shape index (κ3) is 2.55. The van der Waals surface area contributed by atoms with Crippen LogP contribution in [-0.2, 0) is 9.53 Å². The highest BCUT2D eigenvalue weighted by atomic mass is 35.5. The lowest BCUT2D eigenvalue weighted by Crippen LogP contribution is -2.23. The smallest absolute Gasteiger partial charge is 0.310 e. The molecule has 92 valence electrons. The monoisotopic (exact) mass is 253 g/mol. The normalized spacial score (nSPS) is 19.5. The molecule has 1 fully saturated rings. The Morgan fingerprint density at radius 2 is 2.29 bits per heavy atom. The van der Waals surface area contributed by atoms with Gasteiger partial charge in [0.15, 0.2) is 0 Å². The molecule has 0 aliphatic carbocycles. The number of anilines is 1. The molecule has 0 bridgehead atoms. The van der Waals surface area contributed by atoms with Crippen LogP contribution in [0.3, 0.4) is 0 Å². The molecular formula is C13H16ClNO2. The highest BCUT2D eigenvalue weighted by Crippen LogP contribution is 2.28. The molecule has 1 aliphatic heterocycles. The first-order valence-electron chi connectivity index (χ1n) is 5.70. The highest BCUT2D eigenvalue weighted by Gasteiger charge is 2.29. The number of rotatable bonds is 2. The highest BCUT2D eigenvalue weighted by molar-refractivity contribution is 6.31. The number of methoxy groups -OCH3 is 1. The van der Waals surface area contributed by atoms with E-state index in [1.807, 2.05) is 25.1 Å². The third-order valence-corrected chi connectivity index (χ3v) is 3.65. The first-order chi connectivity index (χ1) is 8.11. The summed E-state index contributed by atoms with van der Waals surface area (Å²) in [6.45, 7) is 3.57. The molecule has 1 atom stereocenters. The SMILES string of the molecule is COC(=O)C1CCN(c2ccc(C)c(Cl)c2)C1. The average molecular weight is 254 g/mol. The van der Waals surface area contributed by atoms with Crippen LogP contribution < -0.4 is 4.90 Å². The second kappa shape index (κ2) is 4.96. The van der Waals surface area contributed by atoms with Crippen molar-refractivity contribution < 1.29 is 9.53 Å². The molecule has 4 heteroatoms. The van der Waals surface area contributed by atoms with Crippen molar-refractivity contribution in [2.24, 2.45) is 5.92 Å². The molecule has 0 N–H and O–H groups in total. The molecule has 3 nitrogen and oxygen atoms in total. The van der Waals surface area contributed by atoms with Crippen LogP contribution in [0.2, 0.25) is 5.02 Å². The van der Waals surface area contributed by atoms with Crippen molar-refractivity contribution in [3.05, 3.63) is 28.8 Å². The lowest BCUT2D eigenvalue weighted by Gasteiger charge is -2.19. The van der Waals surface area contributed by atoms with Crippen LogP contribution in [-0.4, -0.2) is 26.2 Å². The predicted octanol–water partition coefficient (Wildman–Crippen LogP) is 2.65. The molecule has 1 saturated heterocycles. The van der Waals surface area contributed by atoms with Gasteiger partial charge in [0.1, 0.15) is 0 Å². The Labute approximate surface area is 106 Å². The summed E-state index contributed by atoms with van der Waals surface area (Å²) in [6, 6.07) is 6.00. The number of aryl methyl sites for hydroxylation is 1. The first-order valence-corrected chi connectivity index (χ1v) is 6.08. The van der Waals surface area contributed by atoms with Gasteiger partial charge in [-0.25, -0.2) is 0 Å². The van der Waals surface area contributed by atoms with E-state index in [2.05, 4.69) is 4.90 Å². The van der Waals surface area contributed by atoms with E-state index in [1.54, 1.807) is 0 Å². The average Bonchev–Trinajstić information content (AvgIpc) is 2.81. The van der Waals surface area contributed by atoms with Crippen molar-refractivity contribution >= 4 is 23.3 Å². The maximum atomic E-state index is 11.4. The van der Waals surface area contributed by atoms with Crippen LogP contribution in [0.5, 0.6) is 0 Å². The van der Waals surface area contributed by atoms with E-state index in [0.717, 1.165) is 29.2 Å². The summed E-state index contributed by atoms with van der Waals surface area (Å²) in [5, 5.41) is 0.768.